The van der Waals surface area contributed by atoms with Crippen LogP contribution in [0.25, 0.3) is 0 Å². The highest BCUT2D eigenvalue weighted by atomic mass is 15.4. The Morgan fingerprint density at radius 2 is 1.79 bits per heavy atom. The number of hydrogen-bond donors (Lipinski definition) is 0. The fourth-order valence-electron chi connectivity index (χ4n) is 3.47. The molecule has 2 nitrogen and oxygen atoms in total. The molecule has 2 heterocycles. The molecule has 100 valence electrons. The molecule has 2 aliphatic heterocycles. The Labute approximate surface area is 116 Å². The minimum Gasteiger partial charge on any atom is -0.341 e. The van der Waals surface area contributed by atoms with Crippen molar-refractivity contribution in [1.82, 2.24) is 4.90 Å². The van der Waals surface area contributed by atoms with E-state index in [1.54, 1.807) is 0 Å². The molecule has 0 radical (unpaired) electrons. The van der Waals surface area contributed by atoms with Gasteiger partial charge in [0.15, 0.2) is 0 Å². The molecule has 1 atom stereocenters. The summed E-state index contributed by atoms with van der Waals surface area (Å²) >= 11 is 0. The number of nitrogens with zero attached hydrogens (tertiary/aromatic N) is 2. The van der Waals surface area contributed by atoms with Crippen molar-refractivity contribution in [2.45, 2.75) is 46.3 Å². The first-order valence-electron chi connectivity index (χ1n) is 6.98. The van der Waals surface area contributed by atoms with Gasteiger partial charge >= 0.3 is 0 Å². The number of allylic oxidation sites excluding steroid dienone is 2. The highest BCUT2D eigenvalue weighted by Crippen LogP contribution is 2.43. The molecule has 0 amide bonds. The van der Waals surface area contributed by atoms with E-state index in [0.29, 0.717) is 6.17 Å². The second-order valence-corrected chi connectivity index (χ2v) is 6.12. The van der Waals surface area contributed by atoms with Gasteiger partial charge in [0.05, 0.1) is 11.2 Å². The number of para-hydroxylation sites is 1. The van der Waals surface area contributed by atoms with E-state index in [-0.39, 0.29) is 5.54 Å². The average Bonchev–Trinajstić information content (AvgIpc) is 2.79. The first kappa shape index (κ1) is 12.3. The van der Waals surface area contributed by atoms with Gasteiger partial charge in [-0.15, -0.1) is 0 Å². The van der Waals surface area contributed by atoms with Crippen LogP contribution in [0.5, 0.6) is 0 Å². The van der Waals surface area contributed by atoms with Gasteiger partial charge in [0.25, 0.3) is 0 Å². The van der Waals surface area contributed by atoms with E-state index in [1.165, 1.54) is 22.6 Å². The van der Waals surface area contributed by atoms with Gasteiger partial charge in [0.2, 0.25) is 0 Å². The van der Waals surface area contributed by atoms with Crippen LogP contribution in [-0.2, 0) is 0 Å². The quantitative estimate of drug-likeness (QED) is 0.746. The summed E-state index contributed by atoms with van der Waals surface area (Å²) in [5.74, 6) is 0. The lowest BCUT2D eigenvalue weighted by Crippen LogP contribution is -2.46. The summed E-state index contributed by atoms with van der Waals surface area (Å²) in [4.78, 5) is 4.96. The molecule has 1 aromatic carbocycles. The largest absolute Gasteiger partial charge is 0.341 e. The summed E-state index contributed by atoms with van der Waals surface area (Å²) in [7, 11) is 0. The van der Waals surface area contributed by atoms with E-state index in [4.69, 9.17) is 0 Å². The molecule has 0 aromatic heterocycles. The molecular formula is C17H22N2. The molecule has 0 fully saturated rings. The molecule has 0 saturated heterocycles. The van der Waals surface area contributed by atoms with Crippen LogP contribution in [0.3, 0.4) is 0 Å². The molecule has 1 unspecified atom stereocenters. The number of rotatable bonds is 1. The molecule has 0 N–H and O–H groups in total. The number of hydrogen-bond acceptors (Lipinski definition) is 2. The van der Waals surface area contributed by atoms with Crippen molar-refractivity contribution in [3.8, 4) is 0 Å². The minimum atomic E-state index is 0.105. The second-order valence-electron chi connectivity index (χ2n) is 6.12. The maximum atomic E-state index is 2.51. The SMILES string of the molecule is CC1=C2C=CC(C)(C)N2C(C)N1c1ccccc1C. The molecule has 0 bridgehead atoms. The Kier molecular flexibility index (Phi) is 2.53. The third-order valence-corrected chi connectivity index (χ3v) is 4.38. The fraction of sp³-hybridized carbons (Fsp3) is 0.412. The van der Waals surface area contributed by atoms with Crippen molar-refractivity contribution in [3.63, 3.8) is 0 Å². The zero-order chi connectivity index (χ0) is 13.8. The fourth-order valence-corrected chi connectivity index (χ4v) is 3.47. The zero-order valence-electron chi connectivity index (χ0n) is 12.4. The summed E-state index contributed by atoms with van der Waals surface area (Å²) < 4.78 is 0. The lowest BCUT2D eigenvalue weighted by atomic mass is 10.1. The molecule has 19 heavy (non-hydrogen) atoms. The summed E-state index contributed by atoms with van der Waals surface area (Å²) in [5, 5.41) is 0. The third-order valence-electron chi connectivity index (χ3n) is 4.38. The Hall–Kier alpha value is -1.70. The van der Waals surface area contributed by atoms with E-state index in [2.05, 4.69) is 80.8 Å². The van der Waals surface area contributed by atoms with Crippen molar-refractivity contribution in [1.29, 1.82) is 0 Å². The van der Waals surface area contributed by atoms with Crippen LogP contribution in [0, 0.1) is 6.92 Å². The highest BCUT2D eigenvalue weighted by molar-refractivity contribution is 5.62. The smallest absolute Gasteiger partial charge is 0.104 e. The van der Waals surface area contributed by atoms with Crippen LogP contribution < -0.4 is 4.90 Å². The van der Waals surface area contributed by atoms with E-state index >= 15 is 0 Å². The molecule has 2 heteroatoms. The number of aryl methyl sites for hydroxylation is 1. The predicted molar refractivity (Wildman–Crippen MR) is 80.9 cm³/mol. The molecule has 3 rings (SSSR count). The summed E-state index contributed by atoms with van der Waals surface area (Å²) in [5.41, 5.74) is 5.47. The molecular weight excluding hydrogens is 232 g/mol. The van der Waals surface area contributed by atoms with Crippen LogP contribution in [0.1, 0.15) is 33.3 Å². The van der Waals surface area contributed by atoms with E-state index in [1.807, 2.05) is 0 Å². The first-order chi connectivity index (χ1) is 8.93. The normalized spacial score (nSPS) is 24.4. The van der Waals surface area contributed by atoms with Gasteiger partial charge in [-0.1, -0.05) is 24.3 Å². The number of fused-ring (bicyclic) bond motifs is 1. The summed E-state index contributed by atoms with van der Waals surface area (Å²) in [6, 6.07) is 8.63. The van der Waals surface area contributed by atoms with E-state index in [9.17, 15) is 0 Å². The maximum Gasteiger partial charge on any atom is 0.104 e. The van der Waals surface area contributed by atoms with Crippen molar-refractivity contribution in [3.05, 3.63) is 53.4 Å². The maximum absolute atomic E-state index is 2.51. The van der Waals surface area contributed by atoms with Crippen molar-refractivity contribution < 1.29 is 0 Å². The number of anilines is 1. The molecule has 0 spiro atoms. The summed E-state index contributed by atoms with van der Waals surface area (Å²) in [6.45, 7) is 11.3. The van der Waals surface area contributed by atoms with Crippen LogP contribution >= 0.6 is 0 Å². The van der Waals surface area contributed by atoms with Gasteiger partial charge < -0.3 is 9.80 Å². The Bertz CT molecular complexity index is 581. The van der Waals surface area contributed by atoms with E-state index in [0.717, 1.165) is 0 Å². The van der Waals surface area contributed by atoms with Gasteiger partial charge in [-0.3, -0.25) is 0 Å². The minimum absolute atomic E-state index is 0.105. The zero-order valence-corrected chi connectivity index (χ0v) is 12.4. The Morgan fingerprint density at radius 3 is 2.42 bits per heavy atom. The lowest BCUT2D eigenvalue weighted by Gasteiger charge is -2.39. The highest BCUT2D eigenvalue weighted by Gasteiger charge is 2.43. The molecule has 2 aliphatic rings. The molecule has 0 aliphatic carbocycles. The molecule has 0 saturated carbocycles. The van der Waals surface area contributed by atoms with Gasteiger partial charge in [-0.25, -0.2) is 0 Å². The van der Waals surface area contributed by atoms with Crippen molar-refractivity contribution >= 4 is 5.69 Å². The van der Waals surface area contributed by atoms with Gasteiger partial charge in [0, 0.05) is 11.4 Å². The Morgan fingerprint density at radius 1 is 1.11 bits per heavy atom. The van der Waals surface area contributed by atoms with Crippen LogP contribution in [0.4, 0.5) is 5.69 Å². The van der Waals surface area contributed by atoms with Gasteiger partial charge in [-0.2, -0.15) is 0 Å². The van der Waals surface area contributed by atoms with Crippen LogP contribution in [-0.4, -0.2) is 16.6 Å². The predicted octanol–water partition coefficient (Wildman–Crippen LogP) is 4.04. The van der Waals surface area contributed by atoms with Gasteiger partial charge in [-0.05, 0) is 52.3 Å². The van der Waals surface area contributed by atoms with Crippen molar-refractivity contribution in [2.24, 2.45) is 0 Å². The third kappa shape index (κ3) is 1.62. The second kappa shape index (κ2) is 3.89. The first-order valence-corrected chi connectivity index (χ1v) is 6.98. The average molecular weight is 254 g/mol. The number of benzene rings is 1. The topological polar surface area (TPSA) is 6.48 Å². The van der Waals surface area contributed by atoms with Crippen LogP contribution in [0.2, 0.25) is 0 Å². The molecule has 1 aromatic rings. The Balaban J connectivity index is 2.10. The van der Waals surface area contributed by atoms with Crippen molar-refractivity contribution in [2.75, 3.05) is 4.90 Å². The lowest BCUT2D eigenvalue weighted by molar-refractivity contribution is 0.199. The van der Waals surface area contributed by atoms with E-state index < -0.39 is 0 Å². The standard InChI is InChI=1S/C17H22N2/c1-12-8-6-7-9-15(12)18-13(2)16-10-11-17(4,5)19(16)14(18)3/h6-11,14H,1-5H3. The monoisotopic (exact) mass is 254 g/mol. The summed E-state index contributed by atoms with van der Waals surface area (Å²) in [6.07, 6.45) is 4.93. The van der Waals surface area contributed by atoms with Gasteiger partial charge in [0.1, 0.15) is 6.17 Å². The van der Waals surface area contributed by atoms with Crippen LogP contribution in [0.15, 0.2) is 47.8 Å².